The van der Waals surface area contributed by atoms with Crippen LogP contribution >= 0.6 is 11.3 Å². The second kappa shape index (κ2) is 8.94. The lowest BCUT2D eigenvalue weighted by molar-refractivity contribution is 1.18. The molecule has 0 spiro atoms. The molecule has 0 radical (unpaired) electrons. The van der Waals surface area contributed by atoms with Gasteiger partial charge in [-0.05, 0) is 85.8 Å². The number of benzene rings is 8. The van der Waals surface area contributed by atoms with E-state index in [2.05, 4.69) is 156 Å². The number of rotatable bonds is 2. The van der Waals surface area contributed by atoms with Crippen LogP contribution in [0.1, 0.15) is 0 Å². The Labute approximate surface area is 269 Å². The van der Waals surface area contributed by atoms with Crippen molar-refractivity contribution in [3.8, 4) is 39.1 Å². The highest BCUT2D eigenvalue weighted by molar-refractivity contribution is 7.26. The van der Waals surface area contributed by atoms with E-state index in [-0.39, 0.29) is 0 Å². The van der Waals surface area contributed by atoms with Gasteiger partial charge in [0.15, 0.2) is 0 Å². The van der Waals surface area contributed by atoms with E-state index in [1.54, 1.807) is 0 Å². The molecule has 0 atom stereocenters. The van der Waals surface area contributed by atoms with Crippen LogP contribution < -0.4 is 0 Å². The Morgan fingerprint density at radius 2 is 1.07 bits per heavy atom. The highest BCUT2D eigenvalue weighted by atomic mass is 32.1. The average Bonchev–Trinajstić information content (AvgIpc) is 3.64. The van der Waals surface area contributed by atoms with Crippen molar-refractivity contribution in [2.45, 2.75) is 0 Å². The van der Waals surface area contributed by atoms with Crippen LogP contribution in [-0.2, 0) is 0 Å². The summed E-state index contributed by atoms with van der Waals surface area (Å²) in [7, 11) is 0. The molecule has 0 N–H and O–H groups in total. The molecule has 0 aliphatic heterocycles. The largest absolute Gasteiger partial charge is 0.309 e. The van der Waals surface area contributed by atoms with Crippen molar-refractivity contribution >= 4 is 74.9 Å². The van der Waals surface area contributed by atoms with Crippen LogP contribution in [0, 0.1) is 0 Å². The number of hydrogen-bond donors (Lipinski definition) is 0. The first-order valence-electron chi connectivity index (χ1n) is 15.9. The van der Waals surface area contributed by atoms with Gasteiger partial charge in [0.2, 0.25) is 0 Å². The molecule has 1 aliphatic rings. The lowest BCUT2D eigenvalue weighted by Crippen LogP contribution is -1.95. The van der Waals surface area contributed by atoms with Crippen molar-refractivity contribution in [1.29, 1.82) is 0 Å². The van der Waals surface area contributed by atoms with Crippen LogP contribution in [0.4, 0.5) is 0 Å². The smallest absolute Gasteiger partial charge is 0.0548 e. The molecule has 0 saturated heterocycles. The van der Waals surface area contributed by atoms with Gasteiger partial charge in [0, 0.05) is 42.2 Å². The van der Waals surface area contributed by atoms with Crippen LogP contribution in [0.3, 0.4) is 0 Å². The van der Waals surface area contributed by atoms with Crippen molar-refractivity contribution in [2.24, 2.45) is 0 Å². The maximum atomic E-state index is 2.49. The highest BCUT2D eigenvalue weighted by Crippen LogP contribution is 2.50. The maximum absolute atomic E-state index is 2.49. The van der Waals surface area contributed by atoms with E-state index in [9.17, 15) is 0 Å². The fraction of sp³-hybridized carbons (Fsp3) is 0. The molecule has 46 heavy (non-hydrogen) atoms. The first-order chi connectivity index (χ1) is 22.8. The first-order valence-corrected chi connectivity index (χ1v) is 16.7. The van der Waals surface area contributed by atoms with Crippen LogP contribution in [0.2, 0.25) is 0 Å². The fourth-order valence-corrected chi connectivity index (χ4v) is 9.46. The minimum absolute atomic E-state index is 1.18. The standard InChI is InChI=1S/C44H25NS/c1-2-14-30-28(10-1)25-36(44-41(30)35-17-5-6-21-39(35)46-44)27-12-7-13-29(24-27)45-37-20-9-19-34-32-16-4-3-15-31(32)33-18-8-11-26-22-23-38(45)43(40(26)33)42(34)37/h1-25H. The molecule has 0 amide bonds. The summed E-state index contributed by atoms with van der Waals surface area (Å²) in [6.07, 6.45) is 0. The molecule has 2 heteroatoms. The Bertz CT molecular complexity index is 2920. The van der Waals surface area contributed by atoms with Crippen LogP contribution in [0.5, 0.6) is 0 Å². The van der Waals surface area contributed by atoms with Crippen LogP contribution in [0.25, 0.3) is 103 Å². The second-order valence-corrected chi connectivity index (χ2v) is 13.5. The molecular formula is C44H25NS. The van der Waals surface area contributed by atoms with Crippen molar-refractivity contribution in [3.63, 3.8) is 0 Å². The van der Waals surface area contributed by atoms with Crippen molar-refractivity contribution < 1.29 is 0 Å². The lowest BCUT2D eigenvalue weighted by atomic mass is 9.93. The fourth-order valence-electron chi connectivity index (χ4n) is 8.21. The number of hydrogen-bond acceptors (Lipinski definition) is 1. The molecular weight excluding hydrogens is 575 g/mol. The zero-order chi connectivity index (χ0) is 29.9. The van der Waals surface area contributed by atoms with Gasteiger partial charge in [-0.2, -0.15) is 0 Å². The van der Waals surface area contributed by atoms with E-state index in [1.807, 2.05) is 11.3 Å². The molecule has 2 heterocycles. The minimum atomic E-state index is 1.18. The summed E-state index contributed by atoms with van der Waals surface area (Å²) < 4.78 is 5.17. The zero-order valence-corrected chi connectivity index (χ0v) is 25.6. The summed E-state index contributed by atoms with van der Waals surface area (Å²) in [4.78, 5) is 0. The summed E-state index contributed by atoms with van der Waals surface area (Å²) in [5.41, 5.74) is 11.4. The Hall–Kier alpha value is -5.70. The molecule has 1 nitrogen and oxygen atoms in total. The summed E-state index contributed by atoms with van der Waals surface area (Å²) in [5, 5.41) is 10.6. The van der Waals surface area contributed by atoms with E-state index >= 15 is 0 Å². The molecule has 0 saturated carbocycles. The summed E-state index contributed by atoms with van der Waals surface area (Å²) >= 11 is 1.91. The first kappa shape index (κ1) is 24.6. The third-order valence-electron chi connectivity index (χ3n) is 10.1. The molecule has 0 unspecified atom stereocenters. The van der Waals surface area contributed by atoms with Gasteiger partial charge >= 0.3 is 0 Å². The van der Waals surface area contributed by atoms with Crippen molar-refractivity contribution in [2.75, 3.05) is 0 Å². The van der Waals surface area contributed by atoms with Gasteiger partial charge < -0.3 is 4.57 Å². The van der Waals surface area contributed by atoms with Gasteiger partial charge in [-0.25, -0.2) is 0 Å². The van der Waals surface area contributed by atoms with E-state index in [0.29, 0.717) is 0 Å². The average molecular weight is 600 g/mol. The van der Waals surface area contributed by atoms with Crippen molar-refractivity contribution in [3.05, 3.63) is 152 Å². The topological polar surface area (TPSA) is 4.93 Å². The Balaban J connectivity index is 1.24. The number of nitrogens with zero attached hydrogens (tertiary/aromatic N) is 1. The summed E-state index contributed by atoms with van der Waals surface area (Å²) in [6.45, 7) is 0. The lowest BCUT2D eigenvalue weighted by Gasteiger charge is -2.14. The third-order valence-corrected chi connectivity index (χ3v) is 11.3. The number of fused-ring (bicyclic) bond motifs is 8. The monoisotopic (exact) mass is 599 g/mol. The van der Waals surface area contributed by atoms with Gasteiger partial charge in [0.1, 0.15) is 0 Å². The van der Waals surface area contributed by atoms with E-state index < -0.39 is 0 Å². The Morgan fingerprint density at radius 1 is 0.391 bits per heavy atom. The number of thiophene rings is 1. The van der Waals surface area contributed by atoms with Crippen LogP contribution in [0.15, 0.2) is 152 Å². The van der Waals surface area contributed by atoms with Crippen molar-refractivity contribution in [1.82, 2.24) is 4.57 Å². The van der Waals surface area contributed by atoms with E-state index in [1.165, 1.54) is 103 Å². The molecule has 1 aliphatic carbocycles. The molecule has 0 bridgehead atoms. The maximum Gasteiger partial charge on any atom is 0.0548 e. The molecule has 2 aromatic heterocycles. The molecule has 11 rings (SSSR count). The summed E-state index contributed by atoms with van der Waals surface area (Å²) in [6, 6.07) is 56.4. The SMILES string of the molecule is c1cc(-c2cc3ccccc3c3c2sc2ccccc23)cc(-n2c3cccc4c3c3c5c(cccc5ccc32)-c2ccccc2-4)c1. The third kappa shape index (κ3) is 3.14. The van der Waals surface area contributed by atoms with Gasteiger partial charge in [-0.15, -0.1) is 11.3 Å². The van der Waals surface area contributed by atoms with Gasteiger partial charge in [-0.1, -0.05) is 115 Å². The second-order valence-electron chi connectivity index (χ2n) is 12.4. The summed E-state index contributed by atoms with van der Waals surface area (Å²) in [5.74, 6) is 0. The minimum Gasteiger partial charge on any atom is -0.309 e. The molecule has 0 fully saturated rings. The molecule has 10 aromatic rings. The van der Waals surface area contributed by atoms with E-state index in [4.69, 9.17) is 0 Å². The predicted octanol–water partition coefficient (Wildman–Crippen LogP) is 12.8. The number of aromatic nitrogens is 1. The normalized spacial score (nSPS) is 12.3. The predicted molar refractivity (Wildman–Crippen MR) is 199 cm³/mol. The molecule has 8 aromatic carbocycles. The Kier molecular flexibility index (Phi) is 4.78. The quantitative estimate of drug-likeness (QED) is 0.186. The van der Waals surface area contributed by atoms with Gasteiger partial charge in [0.25, 0.3) is 0 Å². The Morgan fingerprint density at radius 3 is 1.96 bits per heavy atom. The van der Waals surface area contributed by atoms with Gasteiger partial charge in [0.05, 0.1) is 11.0 Å². The van der Waals surface area contributed by atoms with E-state index in [0.717, 1.165) is 0 Å². The zero-order valence-electron chi connectivity index (χ0n) is 24.8. The highest BCUT2D eigenvalue weighted by Gasteiger charge is 2.24. The molecule has 212 valence electrons. The van der Waals surface area contributed by atoms with Crippen LogP contribution in [-0.4, -0.2) is 4.57 Å². The van der Waals surface area contributed by atoms with Gasteiger partial charge in [-0.3, -0.25) is 0 Å².